The SMILES string of the molecule is COC(=O)C(C)(C)[C@@H]1CCOC1. The molecular weight excluding hydrogens is 156 g/mol. The topological polar surface area (TPSA) is 35.5 Å². The van der Waals surface area contributed by atoms with E-state index in [1.165, 1.54) is 7.11 Å². The number of methoxy groups -OCH3 is 1. The lowest BCUT2D eigenvalue weighted by Crippen LogP contribution is -2.34. The molecule has 0 N–H and O–H groups in total. The fraction of sp³-hybridized carbons (Fsp3) is 0.889. The first-order valence-electron chi connectivity index (χ1n) is 4.25. The van der Waals surface area contributed by atoms with Gasteiger partial charge in [0.15, 0.2) is 0 Å². The van der Waals surface area contributed by atoms with Crippen LogP contribution in [0.2, 0.25) is 0 Å². The van der Waals surface area contributed by atoms with E-state index in [0.717, 1.165) is 13.0 Å². The molecule has 1 saturated heterocycles. The average Bonchev–Trinajstić information content (AvgIpc) is 2.55. The quantitative estimate of drug-likeness (QED) is 0.587. The maximum Gasteiger partial charge on any atom is 0.311 e. The second-order valence-corrected chi connectivity index (χ2v) is 3.77. The molecule has 1 aliphatic heterocycles. The van der Waals surface area contributed by atoms with Gasteiger partial charge in [0.05, 0.1) is 19.1 Å². The Bertz CT molecular complexity index is 169. The Hall–Kier alpha value is -0.570. The minimum absolute atomic E-state index is 0.141. The van der Waals surface area contributed by atoms with Crippen molar-refractivity contribution in [2.75, 3.05) is 20.3 Å². The smallest absolute Gasteiger partial charge is 0.311 e. The van der Waals surface area contributed by atoms with Gasteiger partial charge in [-0.25, -0.2) is 0 Å². The zero-order valence-corrected chi connectivity index (χ0v) is 7.92. The number of rotatable bonds is 2. The Kier molecular flexibility index (Phi) is 2.73. The summed E-state index contributed by atoms with van der Waals surface area (Å²) < 4.78 is 9.96. The number of carbonyl (C=O) groups excluding carboxylic acids is 1. The highest BCUT2D eigenvalue weighted by Crippen LogP contribution is 2.33. The van der Waals surface area contributed by atoms with Gasteiger partial charge in [0.2, 0.25) is 0 Å². The molecule has 0 aliphatic carbocycles. The summed E-state index contributed by atoms with van der Waals surface area (Å²) in [4.78, 5) is 11.3. The van der Waals surface area contributed by atoms with Crippen molar-refractivity contribution in [1.82, 2.24) is 0 Å². The van der Waals surface area contributed by atoms with Crippen LogP contribution in [-0.4, -0.2) is 26.3 Å². The molecule has 1 aliphatic rings. The predicted octanol–water partition coefficient (Wildman–Crippen LogP) is 1.22. The summed E-state index contributed by atoms with van der Waals surface area (Å²) in [6.45, 7) is 5.28. The Morgan fingerprint density at radius 2 is 2.25 bits per heavy atom. The van der Waals surface area contributed by atoms with Crippen LogP contribution in [0.15, 0.2) is 0 Å². The van der Waals surface area contributed by atoms with Crippen LogP contribution in [0.25, 0.3) is 0 Å². The Balaban J connectivity index is 2.62. The lowest BCUT2D eigenvalue weighted by molar-refractivity contribution is -0.154. The van der Waals surface area contributed by atoms with E-state index in [0.29, 0.717) is 12.5 Å². The van der Waals surface area contributed by atoms with Crippen LogP contribution >= 0.6 is 0 Å². The molecular formula is C9H16O3. The predicted molar refractivity (Wildman–Crippen MR) is 44.7 cm³/mol. The van der Waals surface area contributed by atoms with E-state index >= 15 is 0 Å². The number of ether oxygens (including phenoxy) is 2. The highest BCUT2D eigenvalue weighted by Gasteiger charge is 2.39. The molecule has 0 spiro atoms. The molecule has 0 aromatic carbocycles. The van der Waals surface area contributed by atoms with E-state index < -0.39 is 5.41 Å². The standard InChI is InChI=1S/C9H16O3/c1-9(2,8(10)11-3)7-4-5-12-6-7/h7H,4-6H2,1-3H3/t7-/m1/s1. The summed E-state index contributed by atoms with van der Waals surface area (Å²) in [6, 6.07) is 0. The van der Waals surface area contributed by atoms with Crippen LogP contribution in [0.4, 0.5) is 0 Å². The van der Waals surface area contributed by atoms with Crippen molar-refractivity contribution in [3.63, 3.8) is 0 Å². The van der Waals surface area contributed by atoms with Crippen molar-refractivity contribution < 1.29 is 14.3 Å². The van der Waals surface area contributed by atoms with Gasteiger partial charge in [-0.3, -0.25) is 4.79 Å². The van der Waals surface area contributed by atoms with Crippen LogP contribution in [-0.2, 0) is 14.3 Å². The molecule has 70 valence electrons. The van der Waals surface area contributed by atoms with Crippen LogP contribution in [0.1, 0.15) is 20.3 Å². The summed E-state index contributed by atoms with van der Waals surface area (Å²) in [7, 11) is 1.43. The molecule has 0 unspecified atom stereocenters. The van der Waals surface area contributed by atoms with E-state index in [4.69, 9.17) is 9.47 Å². The molecule has 0 radical (unpaired) electrons. The van der Waals surface area contributed by atoms with Crippen molar-refractivity contribution in [2.24, 2.45) is 11.3 Å². The fourth-order valence-electron chi connectivity index (χ4n) is 1.53. The van der Waals surface area contributed by atoms with Gasteiger partial charge in [-0.1, -0.05) is 0 Å². The number of hydrogen-bond acceptors (Lipinski definition) is 3. The third-order valence-electron chi connectivity index (χ3n) is 2.66. The number of carbonyl (C=O) groups is 1. The normalized spacial score (nSPS) is 24.1. The molecule has 3 heteroatoms. The molecule has 1 heterocycles. The van der Waals surface area contributed by atoms with E-state index in [2.05, 4.69) is 0 Å². The van der Waals surface area contributed by atoms with Gasteiger partial charge < -0.3 is 9.47 Å². The average molecular weight is 172 g/mol. The molecule has 0 bridgehead atoms. The van der Waals surface area contributed by atoms with Crippen molar-refractivity contribution in [3.8, 4) is 0 Å². The molecule has 0 aromatic rings. The first-order valence-corrected chi connectivity index (χ1v) is 4.25. The number of esters is 1. The van der Waals surface area contributed by atoms with Crippen molar-refractivity contribution >= 4 is 5.97 Å². The highest BCUT2D eigenvalue weighted by molar-refractivity contribution is 5.76. The lowest BCUT2D eigenvalue weighted by Gasteiger charge is -2.26. The van der Waals surface area contributed by atoms with Crippen LogP contribution in [0.3, 0.4) is 0 Å². The molecule has 0 aromatic heterocycles. The maximum absolute atomic E-state index is 11.3. The Labute approximate surface area is 73.0 Å². The first kappa shape index (κ1) is 9.52. The van der Waals surface area contributed by atoms with E-state index in [9.17, 15) is 4.79 Å². The molecule has 1 atom stereocenters. The summed E-state index contributed by atoms with van der Waals surface area (Å²) in [5.74, 6) is 0.169. The molecule has 1 fully saturated rings. The first-order chi connectivity index (χ1) is 5.59. The van der Waals surface area contributed by atoms with Gasteiger partial charge in [0.25, 0.3) is 0 Å². The van der Waals surface area contributed by atoms with Crippen LogP contribution in [0, 0.1) is 11.3 Å². The molecule has 1 rings (SSSR count). The zero-order valence-electron chi connectivity index (χ0n) is 7.92. The Morgan fingerprint density at radius 1 is 1.58 bits per heavy atom. The molecule has 0 amide bonds. The van der Waals surface area contributed by atoms with E-state index in [1.54, 1.807) is 0 Å². The van der Waals surface area contributed by atoms with Gasteiger partial charge in [0, 0.05) is 6.61 Å². The van der Waals surface area contributed by atoms with Gasteiger partial charge in [-0.2, -0.15) is 0 Å². The summed E-state index contributed by atoms with van der Waals surface area (Å²) >= 11 is 0. The van der Waals surface area contributed by atoms with Gasteiger partial charge in [-0.05, 0) is 26.2 Å². The third-order valence-corrected chi connectivity index (χ3v) is 2.66. The monoisotopic (exact) mass is 172 g/mol. The highest BCUT2D eigenvalue weighted by atomic mass is 16.5. The third kappa shape index (κ3) is 1.61. The van der Waals surface area contributed by atoms with E-state index in [1.807, 2.05) is 13.8 Å². The van der Waals surface area contributed by atoms with Gasteiger partial charge >= 0.3 is 5.97 Å². The van der Waals surface area contributed by atoms with Crippen molar-refractivity contribution in [1.29, 1.82) is 0 Å². The lowest BCUT2D eigenvalue weighted by atomic mass is 9.78. The Morgan fingerprint density at radius 3 is 2.67 bits per heavy atom. The minimum Gasteiger partial charge on any atom is -0.469 e. The second kappa shape index (κ2) is 3.44. The zero-order chi connectivity index (χ0) is 9.19. The van der Waals surface area contributed by atoms with Gasteiger partial charge in [0.1, 0.15) is 0 Å². The van der Waals surface area contributed by atoms with Crippen LogP contribution < -0.4 is 0 Å². The largest absolute Gasteiger partial charge is 0.469 e. The molecule has 0 saturated carbocycles. The summed E-state index contributed by atoms with van der Waals surface area (Å²) in [5.41, 5.74) is -0.398. The fourth-order valence-corrected chi connectivity index (χ4v) is 1.53. The minimum atomic E-state index is -0.398. The summed E-state index contributed by atoms with van der Waals surface area (Å²) in [5, 5.41) is 0. The van der Waals surface area contributed by atoms with E-state index in [-0.39, 0.29) is 5.97 Å². The van der Waals surface area contributed by atoms with Crippen molar-refractivity contribution in [2.45, 2.75) is 20.3 Å². The van der Waals surface area contributed by atoms with Crippen LogP contribution in [0.5, 0.6) is 0 Å². The molecule has 3 nitrogen and oxygen atoms in total. The van der Waals surface area contributed by atoms with Gasteiger partial charge in [-0.15, -0.1) is 0 Å². The van der Waals surface area contributed by atoms with Crippen molar-refractivity contribution in [3.05, 3.63) is 0 Å². The number of hydrogen-bond donors (Lipinski definition) is 0. The maximum atomic E-state index is 11.3. The second-order valence-electron chi connectivity index (χ2n) is 3.77. The summed E-state index contributed by atoms with van der Waals surface area (Å²) in [6.07, 6.45) is 0.960. The molecule has 12 heavy (non-hydrogen) atoms.